The Labute approximate surface area is 152 Å². The molecule has 1 saturated heterocycles. The van der Waals surface area contributed by atoms with Gasteiger partial charge in [-0.25, -0.2) is 9.18 Å². The quantitative estimate of drug-likeness (QED) is 0.639. The van der Waals surface area contributed by atoms with Crippen LogP contribution in [0.4, 0.5) is 9.18 Å². The summed E-state index contributed by atoms with van der Waals surface area (Å²) in [6.07, 6.45) is 6.37. The molecule has 3 rings (SSSR count). The molecule has 0 radical (unpaired) electrons. The Morgan fingerprint density at radius 2 is 1.81 bits per heavy atom. The monoisotopic (exact) mass is 361 g/mol. The first kappa shape index (κ1) is 18.4. The minimum atomic E-state index is -1.30. The number of carbonyl (C=O) groups is 3. The zero-order valence-electron chi connectivity index (χ0n) is 14.9. The molecule has 1 aliphatic carbocycles. The first-order valence-corrected chi connectivity index (χ1v) is 9.09. The van der Waals surface area contributed by atoms with Gasteiger partial charge in [-0.2, -0.15) is 0 Å². The van der Waals surface area contributed by atoms with E-state index in [1.165, 1.54) is 37.1 Å². The molecule has 1 saturated carbocycles. The molecule has 0 unspecified atom stereocenters. The van der Waals surface area contributed by atoms with Crippen LogP contribution in [-0.4, -0.2) is 35.3 Å². The highest BCUT2D eigenvalue weighted by atomic mass is 19.1. The molecule has 2 fully saturated rings. The van der Waals surface area contributed by atoms with Crippen molar-refractivity contribution in [2.24, 2.45) is 0 Å². The van der Waals surface area contributed by atoms with E-state index in [-0.39, 0.29) is 18.5 Å². The normalized spacial score (nSPS) is 24.3. The van der Waals surface area contributed by atoms with E-state index in [2.05, 4.69) is 10.6 Å². The summed E-state index contributed by atoms with van der Waals surface area (Å²) in [5, 5.41) is 5.56. The molecular formula is C19H24FN3O3. The van der Waals surface area contributed by atoms with Crippen molar-refractivity contribution < 1.29 is 18.8 Å². The summed E-state index contributed by atoms with van der Waals surface area (Å²) < 4.78 is 13.1. The number of urea groups is 1. The van der Waals surface area contributed by atoms with Crippen LogP contribution in [-0.2, 0) is 15.1 Å². The van der Waals surface area contributed by atoms with Gasteiger partial charge >= 0.3 is 6.03 Å². The molecular weight excluding hydrogens is 337 g/mol. The van der Waals surface area contributed by atoms with E-state index in [1.54, 1.807) is 6.92 Å². The molecule has 1 aliphatic heterocycles. The number of rotatable bonds is 4. The van der Waals surface area contributed by atoms with Crippen molar-refractivity contribution in [2.75, 3.05) is 6.54 Å². The van der Waals surface area contributed by atoms with Crippen molar-refractivity contribution in [3.8, 4) is 0 Å². The van der Waals surface area contributed by atoms with Crippen molar-refractivity contribution in [1.82, 2.24) is 15.5 Å². The van der Waals surface area contributed by atoms with Gasteiger partial charge in [-0.05, 0) is 37.5 Å². The fourth-order valence-electron chi connectivity index (χ4n) is 3.66. The maximum Gasteiger partial charge on any atom is 0.325 e. The molecule has 2 N–H and O–H groups in total. The van der Waals surface area contributed by atoms with Crippen molar-refractivity contribution in [1.29, 1.82) is 0 Å². The van der Waals surface area contributed by atoms with Crippen LogP contribution < -0.4 is 10.6 Å². The van der Waals surface area contributed by atoms with Crippen LogP contribution in [0, 0.1) is 5.82 Å². The lowest BCUT2D eigenvalue weighted by Crippen LogP contribution is -2.45. The van der Waals surface area contributed by atoms with Gasteiger partial charge in [-0.15, -0.1) is 0 Å². The lowest BCUT2D eigenvalue weighted by Gasteiger charge is -2.22. The minimum absolute atomic E-state index is 0.106. The molecule has 6 nitrogen and oxygen atoms in total. The highest BCUT2D eigenvalue weighted by Crippen LogP contribution is 2.28. The third kappa shape index (κ3) is 3.71. The Morgan fingerprint density at radius 3 is 2.42 bits per heavy atom. The molecule has 7 heteroatoms. The van der Waals surface area contributed by atoms with Crippen LogP contribution in [0.2, 0.25) is 0 Å². The first-order valence-electron chi connectivity index (χ1n) is 9.09. The van der Waals surface area contributed by atoms with Crippen LogP contribution in [0.3, 0.4) is 0 Å². The number of amides is 4. The average Bonchev–Trinajstić information content (AvgIpc) is 2.79. The van der Waals surface area contributed by atoms with Gasteiger partial charge in [0.2, 0.25) is 5.91 Å². The standard InChI is InChI=1S/C19H24FN3O3/c1-19(13-8-10-14(20)11-9-13)17(25)23(18(26)22-19)12-16(24)21-15-6-4-2-3-5-7-15/h8-11,15H,2-7,12H2,1H3,(H,21,24)(H,22,26)/t19-/m1/s1. The molecule has 0 bridgehead atoms. The summed E-state index contributed by atoms with van der Waals surface area (Å²) in [6.45, 7) is 1.25. The number of imide groups is 1. The van der Waals surface area contributed by atoms with Gasteiger partial charge in [0.15, 0.2) is 0 Å². The third-order valence-corrected chi connectivity index (χ3v) is 5.22. The molecule has 1 atom stereocenters. The van der Waals surface area contributed by atoms with E-state index < -0.39 is 23.3 Å². The van der Waals surface area contributed by atoms with Gasteiger partial charge < -0.3 is 10.6 Å². The molecule has 0 aromatic heterocycles. The van der Waals surface area contributed by atoms with Crippen molar-refractivity contribution in [3.63, 3.8) is 0 Å². The number of carbonyl (C=O) groups excluding carboxylic acids is 3. The Balaban J connectivity index is 1.66. The van der Waals surface area contributed by atoms with Crippen molar-refractivity contribution >= 4 is 17.8 Å². The summed E-state index contributed by atoms with van der Waals surface area (Å²) in [6, 6.07) is 4.89. The molecule has 1 aromatic rings. The second kappa shape index (κ2) is 7.43. The number of benzene rings is 1. The SMILES string of the molecule is C[C@]1(c2ccc(F)cc2)NC(=O)N(CC(=O)NC2CCCCCC2)C1=O. The van der Waals surface area contributed by atoms with Gasteiger partial charge in [0.05, 0.1) is 0 Å². The fraction of sp³-hybridized carbons (Fsp3) is 0.526. The highest BCUT2D eigenvalue weighted by molar-refractivity contribution is 6.09. The number of nitrogens with zero attached hydrogens (tertiary/aromatic N) is 1. The lowest BCUT2D eigenvalue weighted by molar-refractivity contribution is -0.135. The summed E-state index contributed by atoms with van der Waals surface area (Å²) in [5.41, 5.74) is -0.822. The average molecular weight is 361 g/mol. The maximum absolute atomic E-state index is 13.1. The van der Waals surface area contributed by atoms with E-state index >= 15 is 0 Å². The van der Waals surface area contributed by atoms with Gasteiger partial charge in [0.1, 0.15) is 17.9 Å². The zero-order chi connectivity index (χ0) is 18.7. The third-order valence-electron chi connectivity index (χ3n) is 5.22. The lowest BCUT2D eigenvalue weighted by atomic mass is 9.92. The van der Waals surface area contributed by atoms with E-state index in [9.17, 15) is 18.8 Å². The molecule has 4 amide bonds. The molecule has 2 aliphatic rings. The van der Waals surface area contributed by atoms with Crippen LogP contribution in [0.25, 0.3) is 0 Å². The summed E-state index contributed by atoms with van der Waals surface area (Å²) >= 11 is 0. The number of hydrogen-bond acceptors (Lipinski definition) is 3. The summed E-state index contributed by atoms with van der Waals surface area (Å²) in [5.74, 6) is -1.26. The maximum atomic E-state index is 13.1. The Hall–Kier alpha value is -2.44. The van der Waals surface area contributed by atoms with Crippen LogP contribution in [0.5, 0.6) is 0 Å². The van der Waals surface area contributed by atoms with Crippen molar-refractivity contribution in [3.05, 3.63) is 35.6 Å². The van der Waals surface area contributed by atoms with E-state index in [1.807, 2.05) is 0 Å². The Kier molecular flexibility index (Phi) is 5.25. The Morgan fingerprint density at radius 1 is 1.19 bits per heavy atom. The molecule has 1 aromatic carbocycles. The zero-order valence-corrected chi connectivity index (χ0v) is 14.9. The smallest absolute Gasteiger partial charge is 0.325 e. The van der Waals surface area contributed by atoms with E-state index in [0.717, 1.165) is 30.6 Å². The molecule has 26 heavy (non-hydrogen) atoms. The topological polar surface area (TPSA) is 78.5 Å². The summed E-state index contributed by atoms with van der Waals surface area (Å²) in [4.78, 5) is 38.3. The molecule has 140 valence electrons. The van der Waals surface area contributed by atoms with E-state index in [4.69, 9.17) is 0 Å². The summed E-state index contributed by atoms with van der Waals surface area (Å²) in [7, 11) is 0. The highest BCUT2D eigenvalue weighted by Gasteiger charge is 2.49. The fourth-order valence-corrected chi connectivity index (χ4v) is 3.66. The van der Waals surface area contributed by atoms with Gasteiger partial charge in [-0.1, -0.05) is 37.8 Å². The minimum Gasteiger partial charge on any atom is -0.352 e. The number of halogens is 1. The number of hydrogen-bond donors (Lipinski definition) is 2. The second-order valence-electron chi connectivity index (χ2n) is 7.21. The van der Waals surface area contributed by atoms with Gasteiger partial charge in [0, 0.05) is 6.04 Å². The van der Waals surface area contributed by atoms with Crippen LogP contribution in [0.15, 0.2) is 24.3 Å². The first-order chi connectivity index (χ1) is 12.4. The van der Waals surface area contributed by atoms with E-state index in [0.29, 0.717) is 5.56 Å². The van der Waals surface area contributed by atoms with Crippen LogP contribution >= 0.6 is 0 Å². The largest absolute Gasteiger partial charge is 0.352 e. The van der Waals surface area contributed by atoms with Gasteiger partial charge in [0.25, 0.3) is 5.91 Å². The van der Waals surface area contributed by atoms with Crippen LogP contribution in [0.1, 0.15) is 51.0 Å². The van der Waals surface area contributed by atoms with Gasteiger partial charge in [-0.3, -0.25) is 14.5 Å². The second-order valence-corrected chi connectivity index (χ2v) is 7.21. The molecule has 1 heterocycles. The predicted molar refractivity (Wildman–Crippen MR) is 93.6 cm³/mol. The number of nitrogens with one attached hydrogen (secondary N) is 2. The van der Waals surface area contributed by atoms with Crippen molar-refractivity contribution in [2.45, 2.75) is 57.0 Å². The predicted octanol–water partition coefficient (Wildman–Crippen LogP) is 2.43. The Bertz CT molecular complexity index is 698. The molecule has 0 spiro atoms.